The van der Waals surface area contributed by atoms with Crippen LogP contribution in [-0.2, 0) is 9.53 Å². The fourth-order valence-corrected chi connectivity index (χ4v) is 2.65. The summed E-state index contributed by atoms with van der Waals surface area (Å²) in [6.07, 6.45) is 0. The standard InChI is InChI=1S/C17H15Cl2N3O5/c1-9-3-5-11(18)16(15(9)19)21-14(23)8-27-17(24)10-4-6-12(20-2)13(7-10)22(25)26/h3-7,20H,8H2,1-2H3,(H,21,23). The van der Waals surface area contributed by atoms with E-state index in [1.807, 2.05) is 0 Å². The number of esters is 1. The van der Waals surface area contributed by atoms with Crippen molar-refractivity contribution in [3.8, 4) is 0 Å². The number of nitro benzene ring substituents is 1. The van der Waals surface area contributed by atoms with Crippen molar-refractivity contribution >= 4 is 52.1 Å². The van der Waals surface area contributed by atoms with Crippen LogP contribution in [0.5, 0.6) is 0 Å². The van der Waals surface area contributed by atoms with Gasteiger partial charge in [-0.2, -0.15) is 0 Å². The Bertz CT molecular complexity index is 918. The maximum Gasteiger partial charge on any atom is 0.338 e. The van der Waals surface area contributed by atoms with Gasteiger partial charge >= 0.3 is 5.97 Å². The first-order valence-corrected chi connectivity index (χ1v) is 8.38. The summed E-state index contributed by atoms with van der Waals surface area (Å²) in [6, 6.07) is 7.07. The summed E-state index contributed by atoms with van der Waals surface area (Å²) in [4.78, 5) is 34.5. The van der Waals surface area contributed by atoms with Crippen molar-refractivity contribution in [2.75, 3.05) is 24.3 Å². The molecule has 0 aromatic heterocycles. The zero-order chi connectivity index (χ0) is 20.1. The van der Waals surface area contributed by atoms with Crippen molar-refractivity contribution in [2.24, 2.45) is 0 Å². The molecule has 0 saturated carbocycles. The predicted octanol–water partition coefficient (Wildman–Crippen LogP) is 4.05. The maximum atomic E-state index is 12.1. The van der Waals surface area contributed by atoms with Gasteiger partial charge in [0.2, 0.25) is 0 Å². The van der Waals surface area contributed by atoms with Gasteiger partial charge in [0.25, 0.3) is 11.6 Å². The Hall–Kier alpha value is -2.84. The number of rotatable bonds is 6. The van der Waals surface area contributed by atoms with E-state index >= 15 is 0 Å². The molecule has 8 nitrogen and oxygen atoms in total. The number of amides is 1. The Labute approximate surface area is 164 Å². The Morgan fingerprint density at radius 2 is 1.93 bits per heavy atom. The first kappa shape index (κ1) is 20.5. The van der Waals surface area contributed by atoms with E-state index in [0.717, 1.165) is 6.07 Å². The average Bonchev–Trinajstić information content (AvgIpc) is 2.65. The monoisotopic (exact) mass is 411 g/mol. The number of hydrogen-bond donors (Lipinski definition) is 2. The van der Waals surface area contributed by atoms with E-state index in [0.29, 0.717) is 5.56 Å². The van der Waals surface area contributed by atoms with Crippen LogP contribution in [0, 0.1) is 17.0 Å². The average molecular weight is 412 g/mol. The first-order chi connectivity index (χ1) is 12.7. The maximum absolute atomic E-state index is 12.1. The number of halogens is 2. The summed E-state index contributed by atoms with van der Waals surface area (Å²) in [5.41, 5.74) is 0.839. The first-order valence-electron chi connectivity index (χ1n) is 7.62. The van der Waals surface area contributed by atoms with Crippen LogP contribution < -0.4 is 10.6 Å². The van der Waals surface area contributed by atoms with Crippen molar-refractivity contribution < 1.29 is 19.2 Å². The lowest BCUT2D eigenvalue weighted by Crippen LogP contribution is -2.21. The van der Waals surface area contributed by atoms with E-state index in [-0.39, 0.29) is 32.7 Å². The number of hydrogen-bond acceptors (Lipinski definition) is 6. The molecule has 0 aliphatic carbocycles. The van der Waals surface area contributed by atoms with E-state index < -0.39 is 23.4 Å². The molecule has 0 unspecified atom stereocenters. The molecule has 2 N–H and O–H groups in total. The molecule has 0 aliphatic heterocycles. The Morgan fingerprint density at radius 3 is 2.56 bits per heavy atom. The number of carbonyl (C=O) groups excluding carboxylic acids is 2. The quantitative estimate of drug-likeness (QED) is 0.421. The van der Waals surface area contributed by atoms with Gasteiger partial charge < -0.3 is 15.4 Å². The molecule has 27 heavy (non-hydrogen) atoms. The summed E-state index contributed by atoms with van der Waals surface area (Å²) in [5, 5.41) is 16.7. The zero-order valence-corrected chi connectivity index (χ0v) is 15.9. The van der Waals surface area contributed by atoms with Crippen LogP contribution in [-0.4, -0.2) is 30.5 Å². The second-order valence-corrected chi connectivity index (χ2v) is 6.20. The van der Waals surface area contributed by atoms with Gasteiger partial charge in [0.15, 0.2) is 6.61 Å². The normalized spacial score (nSPS) is 10.2. The van der Waals surface area contributed by atoms with Gasteiger partial charge in [0.1, 0.15) is 5.69 Å². The minimum atomic E-state index is -0.877. The molecule has 0 aliphatic rings. The summed E-state index contributed by atoms with van der Waals surface area (Å²) >= 11 is 12.1. The molecule has 0 heterocycles. The van der Waals surface area contributed by atoms with Gasteiger partial charge in [-0.1, -0.05) is 29.3 Å². The second kappa shape index (κ2) is 8.70. The number of ether oxygens (including phenoxy) is 1. The zero-order valence-electron chi connectivity index (χ0n) is 14.3. The molecule has 142 valence electrons. The Balaban J connectivity index is 2.06. The number of carbonyl (C=O) groups is 2. The molecular formula is C17H15Cl2N3O5. The molecule has 0 spiro atoms. The van der Waals surface area contributed by atoms with E-state index in [4.69, 9.17) is 27.9 Å². The van der Waals surface area contributed by atoms with Gasteiger partial charge in [0.05, 0.1) is 26.2 Å². The van der Waals surface area contributed by atoms with Crippen LogP contribution in [0.3, 0.4) is 0 Å². The molecule has 0 atom stereocenters. The van der Waals surface area contributed by atoms with Crippen LogP contribution in [0.25, 0.3) is 0 Å². The van der Waals surface area contributed by atoms with E-state index in [9.17, 15) is 19.7 Å². The lowest BCUT2D eigenvalue weighted by Gasteiger charge is -2.11. The Kier molecular flexibility index (Phi) is 6.59. The molecule has 2 aromatic rings. The minimum Gasteiger partial charge on any atom is -0.452 e. The van der Waals surface area contributed by atoms with Crippen LogP contribution in [0.15, 0.2) is 30.3 Å². The van der Waals surface area contributed by atoms with E-state index in [1.165, 1.54) is 19.2 Å². The summed E-state index contributed by atoms with van der Waals surface area (Å²) in [5.74, 6) is -1.53. The van der Waals surface area contributed by atoms with E-state index in [2.05, 4.69) is 10.6 Å². The Morgan fingerprint density at radius 1 is 1.22 bits per heavy atom. The van der Waals surface area contributed by atoms with Crippen molar-refractivity contribution in [3.63, 3.8) is 0 Å². The third-order valence-electron chi connectivity index (χ3n) is 3.58. The lowest BCUT2D eigenvalue weighted by atomic mass is 10.1. The molecule has 0 saturated heterocycles. The van der Waals surface area contributed by atoms with Crippen molar-refractivity contribution in [1.29, 1.82) is 0 Å². The van der Waals surface area contributed by atoms with Crippen LogP contribution in [0.2, 0.25) is 10.0 Å². The van der Waals surface area contributed by atoms with Crippen molar-refractivity contribution in [3.05, 3.63) is 61.6 Å². The van der Waals surface area contributed by atoms with Crippen LogP contribution in [0.1, 0.15) is 15.9 Å². The third-order valence-corrected chi connectivity index (χ3v) is 4.38. The third kappa shape index (κ3) is 4.87. The van der Waals surface area contributed by atoms with Gasteiger partial charge in [-0.3, -0.25) is 14.9 Å². The van der Waals surface area contributed by atoms with Gasteiger partial charge in [-0.15, -0.1) is 0 Å². The molecule has 2 aromatic carbocycles. The lowest BCUT2D eigenvalue weighted by molar-refractivity contribution is -0.384. The number of nitrogens with one attached hydrogen (secondary N) is 2. The number of aryl methyl sites for hydroxylation is 1. The van der Waals surface area contributed by atoms with Crippen LogP contribution >= 0.6 is 23.2 Å². The molecular weight excluding hydrogens is 397 g/mol. The smallest absolute Gasteiger partial charge is 0.338 e. The number of nitrogens with zero attached hydrogens (tertiary/aromatic N) is 1. The highest BCUT2D eigenvalue weighted by Gasteiger charge is 2.19. The topological polar surface area (TPSA) is 111 Å². The molecule has 10 heteroatoms. The molecule has 1 amide bonds. The fourth-order valence-electron chi connectivity index (χ4n) is 2.18. The van der Waals surface area contributed by atoms with Crippen molar-refractivity contribution in [2.45, 2.75) is 6.92 Å². The molecule has 2 rings (SSSR count). The van der Waals surface area contributed by atoms with Gasteiger partial charge in [-0.25, -0.2) is 4.79 Å². The SMILES string of the molecule is CNc1ccc(C(=O)OCC(=O)Nc2c(Cl)ccc(C)c2Cl)cc1[N+](=O)[O-]. The second-order valence-electron chi connectivity index (χ2n) is 5.42. The van der Waals surface area contributed by atoms with Gasteiger partial charge in [0, 0.05) is 13.1 Å². The highest BCUT2D eigenvalue weighted by Crippen LogP contribution is 2.32. The van der Waals surface area contributed by atoms with Gasteiger partial charge in [-0.05, 0) is 30.7 Å². The highest BCUT2D eigenvalue weighted by atomic mass is 35.5. The number of nitro groups is 1. The summed E-state index contributed by atoms with van der Waals surface area (Å²) < 4.78 is 4.90. The molecule has 0 radical (unpaired) electrons. The minimum absolute atomic E-state index is 0.0554. The van der Waals surface area contributed by atoms with Crippen LogP contribution in [0.4, 0.5) is 17.1 Å². The number of benzene rings is 2. The van der Waals surface area contributed by atoms with Crippen molar-refractivity contribution in [1.82, 2.24) is 0 Å². The summed E-state index contributed by atoms with van der Waals surface area (Å²) in [7, 11) is 1.52. The van der Waals surface area contributed by atoms with E-state index in [1.54, 1.807) is 19.1 Å². The molecule has 0 fully saturated rings. The predicted molar refractivity (Wildman–Crippen MR) is 103 cm³/mol. The largest absolute Gasteiger partial charge is 0.452 e. The number of anilines is 2. The molecule has 0 bridgehead atoms. The fraction of sp³-hybridized carbons (Fsp3) is 0.176. The highest BCUT2D eigenvalue weighted by molar-refractivity contribution is 6.40. The summed E-state index contributed by atoms with van der Waals surface area (Å²) in [6.45, 7) is 1.14.